The second-order valence-corrected chi connectivity index (χ2v) is 7.36. The van der Waals surface area contributed by atoms with E-state index in [1.54, 1.807) is 13.8 Å². The van der Waals surface area contributed by atoms with E-state index in [1.165, 1.54) is 4.31 Å². The molecule has 1 aliphatic rings. The minimum atomic E-state index is -3.26. The maximum atomic E-state index is 12.0. The zero-order valence-corrected chi connectivity index (χ0v) is 11.9. The molecule has 0 aromatic rings. The fourth-order valence-corrected chi connectivity index (χ4v) is 3.39. The first-order chi connectivity index (χ1) is 8.39. The van der Waals surface area contributed by atoms with Crippen LogP contribution in [0.15, 0.2) is 0 Å². The Hall–Kier alpha value is -0.660. The molecule has 1 rings (SSSR count). The molecule has 1 saturated heterocycles. The molecular formula is C11H23N3O3S. The van der Waals surface area contributed by atoms with Crippen LogP contribution >= 0.6 is 0 Å². The maximum Gasteiger partial charge on any atom is 0.224 e. The third kappa shape index (κ3) is 3.66. The Morgan fingerprint density at radius 2 is 2.17 bits per heavy atom. The van der Waals surface area contributed by atoms with Crippen molar-refractivity contribution in [2.75, 3.05) is 26.2 Å². The summed E-state index contributed by atoms with van der Waals surface area (Å²) in [5, 5.41) is 2.28. The SMILES string of the molecule is CC(C)S(=O)(=O)N1CCCC(C(=O)NCCN)C1. The number of carbonyl (C=O) groups is 1. The van der Waals surface area contributed by atoms with Crippen molar-refractivity contribution in [1.82, 2.24) is 9.62 Å². The average Bonchev–Trinajstić information content (AvgIpc) is 2.35. The molecule has 1 atom stereocenters. The van der Waals surface area contributed by atoms with Crippen LogP contribution in [0.2, 0.25) is 0 Å². The Balaban J connectivity index is 2.64. The van der Waals surface area contributed by atoms with E-state index >= 15 is 0 Å². The zero-order chi connectivity index (χ0) is 13.8. The number of sulfonamides is 1. The first-order valence-corrected chi connectivity index (χ1v) is 7.86. The molecular weight excluding hydrogens is 254 g/mol. The third-order valence-corrected chi connectivity index (χ3v) is 5.40. The number of hydrogen-bond acceptors (Lipinski definition) is 4. The largest absolute Gasteiger partial charge is 0.355 e. The average molecular weight is 277 g/mol. The van der Waals surface area contributed by atoms with Crippen LogP contribution in [0, 0.1) is 5.92 Å². The van der Waals surface area contributed by atoms with E-state index < -0.39 is 15.3 Å². The molecule has 0 radical (unpaired) electrons. The van der Waals surface area contributed by atoms with Crippen LogP contribution in [0.25, 0.3) is 0 Å². The van der Waals surface area contributed by atoms with E-state index in [-0.39, 0.29) is 18.4 Å². The molecule has 3 N–H and O–H groups in total. The summed E-state index contributed by atoms with van der Waals surface area (Å²) >= 11 is 0. The predicted octanol–water partition coefficient (Wildman–Crippen LogP) is -0.488. The summed E-state index contributed by atoms with van der Waals surface area (Å²) in [5.41, 5.74) is 5.32. The second kappa shape index (κ2) is 6.49. The number of piperidine rings is 1. The van der Waals surface area contributed by atoms with E-state index in [2.05, 4.69) is 5.32 Å². The van der Waals surface area contributed by atoms with Crippen molar-refractivity contribution in [3.8, 4) is 0 Å². The number of rotatable bonds is 5. The van der Waals surface area contributed by atoms with Crippen LogP contribution in [-0.2, 0) is 14.8 Å². The van der Waals surface area contributed by atoms with Gasteiger partial charge in [-0.05, 0) is 26.7 Å². The molecule has 1 fully saturated rings. The Morgan fingerprint density at radius 3 is 2.72 bits per heavy atom. The first-order valence-electron chi connectivity index (χ1n) is 6.36. The Bertz CT molecular complexity index is 381. The van der Waals surface area contributed by atoms with Crippen molar-refractivity contribution in [3.05, 3.63) is 0 Å². The van der Waals surface area contributed by atoms with Gasteiger partial charge in [-0.2, -0.15) is 0 Å². The van der Waals surface area contributed by atoms with E-state index in [9.17, 15) is 13.2 Å². The first kappa shape index (κ1) is 15.4. The molecule has 0 spiro atoms. The van der Waals surface area contributed by atoms with E-state index in [0.717, 1.165) is 12.8 Å². The smallest absolute Gasteiger partial charge is 0.224 e. The van der Waals surface area contributed by atoms with Crippen molar-refractivity contribution in [3.63, 3.8) is 0 Å². The number of carbonyl (C=O) groups excluding carboxylic acids is 1. The van der Waals surface area contributed by atoms with E-state index in [1.807, 2.05) is 0 Å². The van der Waals surface area contributed by atoms with Gasteiger partial charge in [0.05, 0.1) is 11.2 Å². The molecule has 1 aliphatic heterocycles. The molecule has 0 aliphatic carbocycles. The fraction of sp³-hybridized carbons (Fsp3) is 0.909. The van der Waals surface area contributed by atoms with Crippen LogP contribution in [-0.4, -0.2) is 50.1 Å². The normalized spacial score (nSPS) is 22.1. The van der Waals surface area contributed by atoms with Gasteiger partial charge in [0, 0.05) is 26.2 Å². The molecule has 1 unspecified atom stereocenters. The second-order valence-electron chi connectivity index (χ2n) is 4.87. The van der Waals surface area contributed by atoms with Crippen LogP contribution in [0.1, 0.15) is 26.7 Å². The lowest BCUT2D eigenvalue weighted by atomic mass is 9.99. The molecule has 0 saturated carbocycles. The highest BCUT2D eigenvalue weighted by molar-refractivity contribution is 7.89. The number of nitrogens with two attached hydrogens (primary N) is 1. The minimum absolute atomic E-state index is 0.0934. The highest BCUT2D eigenvalue weighted by Crippen LogP contribution is 2.21. The van der Waals surface area contributed by atoms with Crippen molar-refractivity contribution in [1.29, 1.82) is 0 Å². The van der Waals surface area contributed by atoms with Crippen molar-refractivity contribution in [2.45, 2.75) is 31.9 Å². The number of amides is 1. The van der Waals surface area contributed by atoms with Crippen LogP contribution in [0.5, 0.6) is 0 Å². The van der Waals surface area contributed by atoms with Gasteiger partial charge in [-0.25, -0.2) is 12.7 Å². The third-order valence-electron chi connectivity index (χ3n) is 3.15. The van der Waals surface area contributed by atoms with Gasteiger partial charge >= 0.3 is 0 Å². The summed E-state index contributed by atoms with van der Waals surface area (Å²) in [6.07, 6.45) is 1.47. The summed E-state index contributed by atoms with van der Waals surface area (Å²) in [6.45, 7) is 4.96. The number of nitrogens with zero attached hydrogens (tertiary/aromatic N) is 1. The van der Waals surface area contributed by atoms with Crippen LogP contribution < -0.4 is 11.1 Å². The van der Waals surface area contributed by atoms with Crippen LogP contribution in [0.3, 0.4) is 0 Å². The monoisotopic (exact) mass is 277 g/mol. The highest BCUT2D eigenvalue weighted by Gasteiger charge is 2.33. The van der Waals surface area contributed by atoms with Crippen molar-refractivity contribution in [2.24, 2.45) is 11.7 Å². The summed E-state index contributed by atoms with van der Waals surface area (Å²) in [7, 11) is -3.26. The van der Waals surface area contributed by atoms with Gasteiger partial charge in [0.2, 0.25) is 15.9 Å². The fourth-order valence-electron chi connectivity index (χ4n) is 2.03. The summed E-state index contributed by atoms with van der Waals surface area (Å²) in [4.78, 5) is 11.8. The van der Waals surface area contributed by atoms with Gasteiger partial charge in [0.15, 0.2) is 0 Å². The van der Waals surface area contributed by atoms with Gasteiger partial charge in [0.1, 0.15) is 0 Å². The van der Waals surface area contributed by atoms with E-state index in [0.29, 0.717) is 19.6 Å². The lowest BCUT2D eigenvalue weighted by Gasteiger charge is -2.32. The predicted molar refractivity (Wildman–Crippen MR) is 70.4 cm³/mol. The zero-order valence-electron chi connectivity index (χ0n) is 11.1. The van der Waals surface area contributed by atoms with Gasteiger partial charge in [-0.3, -0.25) is 4.79 Å². The summed E-state index contributed by atoms with van der Waals surface area (Å²) < 4.78 is 25.5. The molecule has 6 nitrogen and oxygen atoms in total. The molecule has 1 heterocycles. The minimum Gasteiger partial charge on any atom is -0.355 e. The standard InChI is InChI=1S/C11H23N3O3S/c1-9(2)18(16,17)14-7-3-4-10(8-14)11(15)13-6-5-12/h9-10H,3-8,12H2,1-2H3,(H,13,15). The number of nitrogens with one attached hydrogen (secondary N) is 1. The summed E-state index contributed by atoms with van der Waals surface area (Å²) in [5.74, 6) is -0.345. The number of hydrogen-bond donors (Lipinski definition) is 2. The van der Waals surface area contributed by atoms with Gasteiger partial charge in [0.25, 0.3) is 0 Å². The van der Waals surface area contributed by atoms with Gasteiger partial charge < -0.3 is 11.1 Å². The molecule has 0 aromatic heterocycles. The molecule has 0 aromatic carbocycles. The lowest BCUT2D eigenvalue weighted by Crippen LogP contribution is -2.47. The molecule has 18 heavy (non-hydrogen) atoms. The Labute approximate surface area is 109 Å². The van der Waals surface area contributed by atoms with Crippen LogP contribution in [0.4, 0.5) is 0 Å². The van der Waals surface area contributed by atoms with Gasteiger partial charge in [-0.1, -0.05) is 0 Å². The van der Waals surface area contributed by atoms with Gasteiger partial charge in [-0.15, -0.1) is 0 Å². The topological polar surface area (TPSA) is 92.5 Å². The summed E-state index contributed by atoms with van der Waals surface area (Å²) in [6, 6.07) is 0. The maximum absolute atomic E-state index is 12.0. The Morgan fingerprint density at radius 1 is 1.50 bits per heavy atom. The van der Waals surface area contributed by atoms with E-state index in [4.69, 9.17) is 5.73 Å². The lowest BCUT2D eigenvalue weighted by molar-refractivity contribution is -0.126. The molecule has 0 bridgehead atoms. The molecule has 7 heteroatoms. The quantitative estimate of drug-likeness (QED) is 0.709. The molecule has 1 amide bonds. The van der Waals surface area contributed by atoms with Crippen molar-refractivity contribution < 1.29 is 13.2 Å². The Kier molecular flexibility index (Phi) is 5.55. The van der Waals surface area contributed by atoms with Crippen molar-refractivity contribution >= 4 is 15.9 Å². The molecule has 106 valence electrons. The highest BCUT2D eigenvalue weighted by atomic mass is 32.2.